The van der Waals surface area contributed by atoms with Crippen molar-refractivity contribution in [2.45, 2.75) is 51.4 Å². The van der Waals surface area contributed by atoms with Crippen molar-refractivity contribution in [1.29, 1.82) is 0 Å². The van der Waals surface area contributed by atoms with Gasteiger partial charge in [-0.3, -0.25) is 9.59 Å². The molecular formula is C21H30Cl2N4O3. The van der Waals surface area contributed by atoms with Gasteiger partial charge >= 0.3 is 0 Å². The van der Waals surface area contributed by atoms with E-state index in [4.69, 9.17) is 33.7 Å². The van der Waals surface area contributed by atoms with Gasteiger partial charge in [-0.2, -0.15) is 0 Å². The second-order valence-corrected chi connectivity index (χ2v) is 8.16. The molecule has 2 aromatic rings. The fourth-order valence-electron chi connectivity index (χ4n) is 3.36. The number of carbonyl (C=O) groups is 2. The Kier molecular flexibility index (Phi) is 9.88. The van der Waals surface area contributed by atoms with E-state index in [0.717, 1.165) is 25.7 Å². The molecule has 0 spiro atoms. The van der Waals surface area contributed by atoms with Gasteiger partial charge in [-0.15, -0.1) is 0 Å². The summed E-state index contributed by atoms with van der Waals surface area (Å²) < 4.78 is 5.14. The Morgan fingerprint density at radius 3 is 2.57 bits per heavy atom. The number of methoxy groups -OCH3 is 1. The third-order valence-corrected chi connectivity index (χ3v) is 5.69. The number of nitrogens with zero attached hydrogens (tertiary/aromatic N) is 2. The van der Waals surface area contributed by atoms with Gasteiger partial charge in [0.15, 0.2) is 0 Å². The zero-order valence-corrected chi connectivity index (χ0v) is 19.1. The van der Waals surface area contributed by atoms with Gasteiger partial charge in [0.1, 0.15) is 5.82 Å². The second kappa shape index (κ2) is 12.1. The van der Waals surface area contributed by atoms with E-state index in [1.165, 1.54) is 0 Å². The number of imidazole rings is 1. The number of unbranched alkanes of at least 4 members (excludes halogenated alkanes) is 2. The van der Waals surface area contributed by atoms with Crippen molar-refractivity contribution in [3.63, 3.8) is 0 Å². The number of fused-ring (bicyclic) bond motifs is 1. The maximum Gasteiger partial charge on any atom is 0.233 e. The zero-order chi connectivity index (χ0) is 22.1. The summed E-state index contributed by atoms with van der Waals surface area (Å²) in [6.07, 6.45) is 4.14. The Morgan fingerprint density at radius 2 is 1.90 bits per heavy atom. The molecular weight excluding hydrogens is 427 g/mol. The summed E-state index contributed by atoms with van der Waals surface area (Å²) in [5.41, 5.74) is 6.67. The molecule has 1 heterocycles. The molecule has 0 aliphatic rings. The molecule has 0 saturated carbocycles. The van der Waals surface area contributed by atoms with Crippen LogP contribution in [0.2, 0.25) is 10.0 Å². The van der Waals surface area contributed by atoms with Gasteiger partial charge in [0.05, 0.1) is 27.0 Å². The van der Waals surface area contributed by atoms with Gasteiger partial charge < -0.3 is 20.4 Å². The standard InChI is InChI=1S/C21H30Cl2N4O3/c1-3-4-5-9-27(10-6-11-30-2)21(29)14(7-8-19(24)28)20-25-17-12-15(22)16(23)13-18(17)26-20/h12-14H,3-11H2,1-2H3,(H2,24,28)(H,25,26). The van der Waals surface area contributed by atoms with Crippen LogP contribution in [-0.2, 0) is 14.3 Å². The number of carbonyl (C=O) groups excluding carboxylic acids is 2. The van der Waals surface area contributed by atoms with E-state index in [2.05, 4.69) is 16.9 Å². The maximum absolute atomic E-state index is 13.5. The van der Waals surface area contributed by atoms with Crippen molar-refractivity contribution < 1.29 is 14.3 Å². The molecule has 30 heavy (non-hydrogen) atoms. The van der Waals surface area contributed by atoms with Crippen molar-refractivity contribution in [2.24, 2.45) is 5.73 Å². The molecule has 0 bridgehead atoms. The van der Waals surface area contributed by atoms with Crippen LogP contribution in [0.3, 0.4) is 0 Å². The summed E-state index contributed by atoms with van der Waals surface area (Å²) in [5.74, 6) is -0.639. The number of H-pyrrole nitrogens is 1. The third kappa shape index (κ3) is 6.86. The summed E-state index contributed by atoms with van der Waals surface area (Å²) >= 11 is 12.2. The Bertz CT molecular complexity index is 807. The first kappa shape index (κ1) is 24.4. The number of halogens is 2. The smallest absolute Gasteiger partial charge is 0.233 e. The molecule has 0 fully saturated rings. The van der Waals surface area contributed by atoms with E-state index in [1.807, 2.05) is 4.90 Å². The van der Waals surface area contributed by atoms with E-state index >= 15 is 0 Å². The fourth-order valence-corrected chi connectivity index (χ4v) is 3.68. The highest BCUT2D eigenvalue weighted by atomic mass is 35.5. The van der Waals surface area contributed by atoms with Crippen LogP contribution < -0.4 is 5.73 Å². The number of amides is 2. The Morgan fingerprint density at radius 1 is 1.20 bits per heavy atom. The zero-order valence-electron chi connectivity index (χ0n) is 17.5. The van der Waals surface area contributed by atoms with Crippen LogP contribution in [0.5, 0.6) is 0 Å². The third-order valence-electron chi connectivity index (χ3n) is 4.97. The number of nitrogens with one attached hydrogen (secondary N) is 1. The Balaban J connectivity index is 2.31. The first-order valence-electron chi connectivity index (χ1n) is 10.3. The topological polar surface area (TPSA) is 101 Å². The molecule has 1 atom stereocenters. The van der Waals surface area contributed by atoms with Crippen LogP contribution in [0, 0.1) is 0 Å². The van der Waals surface area contributed by atoms with Gasteiger partial charge in [0, 0.05) is 33.2 Å². The van der Waals surface area contributed by atoms with Crippen molar-refractivity contribution in [3.8, 4) is 0 Å². The average molecular weight is 457 g/mol. The Labute approximate surface area is 187 Å². The number of rotatable bonds is 13. The molecule has 0 saturated heterocycles. The molecule has 1 unspecified atom stereocenters. The minimum atomic E-state index is -0.605. The van der Waals surface area contributed by atoms with Crippen LogP contribution in [0.25, 0.3) is 11.0 Å². The Hall–Kier alpha value is -1.83. The molecule has 7 nitrogen and oxygen atoms in total. The number of hydrogen-bond acceptors (Lipinski definition) is 4. The number of ether oxygens (including phenoxy) is 1. The SMILES string of the molecule is CCCCCN(CCCOC)C(=O)C(CCC(N)=O)c1nc2cc(Cl)c(Cl)cc2[nH]1. The van der Waals surface area contributed by atoms with Crippen LogP contribution >= 0.6 is 23.2 Å². The lowest BCUT2D eigenvalue weighted by atomic mass is 9.99. The number of aromatic amines is 1. The molecule has 9 heteroatoms. The van der Waals surface area contributed by atoms with Gasteiger partial charge in [0.2, 0.25) is 11.8 Å². The highest BCUT2D eigenvalue weighted by Gasteiger charge is 2.29. The molecule has 166 valence electrons. The van der Waals surface area contributed by atoms with E-state index < -0.39 is 11.8 Å². The van der Waals surface area contributed by atoms with Crippen LogP contribution in [0.15, 0.2) is 12.1 Å². The largest absolute Gasteiger partial charge is 0.385 e. The highest BCUT2D eigenvalue weighted by Crippen LogP contribution is 2.30. The monoisotopic (exact) mass is 456 g/mol. The van der Waals surface area contributed by atoms with Crippen LogP contribution in [-0.4, -0.2) is 53.5 Å². The number of benzene rings is 1. The number of hydrogen-bond donors (Lipinski definition) is 2. The summed E-state index contributed by atoms with van der Waals surface area (Å²) in [5, 5.41) is 0.795. The van der Waals surface area contributed by atoms with E-state index in [1.54, 1.807) is 19.2 Å². The number of primary amides is 1. The van der Waals surface area contributed by atoms with E-state index in [0.29, 0.717) is 46.6 Å². The lowest BCUT2D eigenvalue weighted by molar-refractivity contribution is -0.133. The summed E-state index contributed by atoms with van der Waals surface area (Å²) in [6, 6.07) is 3.34. The second-order valence-electron chi connectivity index (χ2n) is 7.34. The van der Waals surface area contributed by atoms with Gasteiger partial charge in [-0.25, -0.2) is 4.98 Å². The van der Waals surface area contributed by atoms with Crippen LogP contribution in [0.1, 0.15) is 57.2 Å². The van der Waals surface area contributed by atoms with Gasteiger partial charge in [0.25, 0.3) is 0 Å². The molecule has 0 aliphatic carbocycles. The van der Waals surface area contributed by atoms with E-state index in [9.17, 15) is 9.59 Å². The van der Waals surface area contributed by atoms with E-state index in [-0.39, 0.29) is 18.7 Å². The predicted molar refractivity (Wildman–Crippen MR) is 120 cm³/mol. The molecule has 0 aliphatic heterocycles. The van der Waals surface area contributed by atoms with Crippen molar-refractivity contribution in [3.05, 3.63) is 28.0 Å². The summed E-state index contributed by atoms with van der Waals surface area (Å²) in [4.78, 5) is 34.5. The van der Waals surface area contributed by atoms with Crippen molar-refractivity contribution in [2.75, 3.05) is 26.8 Å². The lowest BCUT2D eigenvalue weighted by Crippen LogP contribution is -2.38. The minimum absolute atomic E-state index is 0.0697. The normalized spacial score (nSPS) is 12.3. The highest BCUT2D eigenvalue weighted by molar-refractivity contribution is 6.42. The van der Waals surface area contributed by atoms with Crippen molar-refractivity contribution >= 4 is 46.0 Å². The lowest BCUT2D eigenvalue weighted by Gasteiger charge is -2.26. The molecule has 0 radical (unpaired) electrons. The minimum Gasteiger partial charge on any atom is -0.385 e. The molecule has 1 aromatic heterocycles. The average Bonchev–Trinajstić information content (AvgIpc) is 3.09. The molecule has 2 amide bonds. The first-order chi connectivity index (χ1) is 14.4. The van der Waals surface area contributed by atoms with Crippen molar-refractivity contribution in [1.82, 2.24) is 14.9 Å². The maximum atomic E-state index is 13.5. The summed E-state index contributed by atoms with van der Waals surface area (Å²) in [7, 11) is 1.64. The molecule has 2 rings (SSSR count). The summed E-state index contributed by atoms with van der Waals surface area (Å²) in [6.45, 7) is 3.94. The fraction of sp³-hybridized carbons (Fsp3) is 0.571. The number of nitrogens with two attached hydrogens (primary N) is 1. The van der Waals surface area contributed by atoms with Crippen LogP contribution in [0.4, 0.5) is 0 Å². The first-order valence-corrected chi connectivity index (χ1v) is 11.0. The number of aromatic nitrogens is 2. The van der Waals surface area contributed by atoms with Gasteiger partial charge in [-0.1, -0.05) is 43.0 Å². The van der Waals surface area contributed by atoms with Gasteiger partial charge in [-0.05, 0) is 31.4 Å². The quantitative estimate of drug-likeness (QED) is 0.439. The molecule has 1 aromatic carbocycles. The predicted octanol–water partition coefficient (Wildman–Crippen LogP) is 4.27. The molecule has 3 N–H and O–H groups in total.